The van der Waals surface area contributed by atoms with Gasteiger partial charge in [0.1, 0.15) is 0 Å². The van der Waals surface area contributed by atoms with E-state index < -0.39 is 0 Å². The number of carbonyl (C=O) groups is 1. The lowest BCUT2D eigenvalue weighted by Crippen LogP contribution is -2.32. The Morgan fingerprint density at radius 2 is 1.96 bits per heavy atom. The topological polar surface area (TPSA) is 61.9 Å². The van der Waals surface area contributed by atoms with Crippen molar-refractivity contribution in [2.75, 3.05) is 7.05 Å². The van der Waals surface area contributed by atoms with Crippen LogP contribution in [-0.4, -0.2) is 33.0 Å². The van der Waals surface area contributed by atoms with Crippen LogP contribution < -0.4 is 0 Å². The van der Waals surface area contributed by atoms with Crippen molar-refractivity contribution in [3.63, 3.8) is 0 Å². The fourth-order valence-electron chi connectivity index (χ4n) is 2.65. The molecular formula is C18H17ClN4O. The second kappa shape index (κ2) is 6.84. The minimum absolute atomic E-state index is 0.119. The summed E-state index contributed by atoms with van der Waals surface area (Å²) in [5, 5.41) is 7.39. The Morgan fingerprint density at radius 1 is 1.21 bits per heavy atom. The minimum atomic E-state index is -0.315. The van der Waals surface area contributed by atoms with Gasteiger partial charge in [0.15, 0.2) is 0 Å². The lowest BCUT2D eigenvalue weighted by Gasteiger charge is -2.28. The van der Waals surface area contributed by atoms with E-state index in [1.807, 2.05) is 49.4 Å². The molecule has 122 valence electrons. The van der Waals surface area contributed by atoms with Gasteiger partial charge in [-0.15, -0.1) is 0 Å². The molecule has 3 rings (SSSR count). The molecule has 1 unspecified atom stereocenters. The predicted molar refractivity (Wildman–Crippen MR) is 93.0 cm³/mol. The number of aromatic nitrogens is 3. The van der Waals surface area contributed by atoms with Crippen molar-refractivity contribution >= 4 is 17.5 Å². The third kappa shape index (κ3) is 3.16. The first-order valence-electron chi connectivity index (χ1n) is 7.51. The summed E-state index contributed by atoms with van der Waals surface area (Å²) in [7, 11) is 1.77. The highest BCUT2D eigenvalue weighted by Gasteiger charge is 2.26. The molecule has 5 nitrogen and oxygen atoms in total. The Labute approximate surface area is 145 Å². The molecule has 0 aliphatic rings. The molecule has 6 heteroatoms. The van der Waals surface area contributed by atoms with Crippen molar-refractivity contribution in [1.82, 2.24) is 20.1 Å². The summed E-state index contributed by atoms with van der Waals surface area (Å²) in [6.45, 7) is 1.83. The number of amides is 1. The number of benzene rings is 1. The number of hydrogen-bond donors (Lipinski definition) is 1. The second-order valence-electron chi connectivity index (χ2n) is 5.53. The summed E-state index contributed by atoms with van der Waals surface area (Å²) in [5.74, 6) is -0.119. The zero-order chi connectivity index (χ0) is 17.1. The van der Waals surface area contributed by atoms with Crippen LogP contribution in [0.15, 0.2) is 54.9 Å². The fourth-order valence-corrected chi connectivity index (χ4v) is 2.78. The number of H-pyrrole nitrogens is 1. The van der Waals surface area contributed by atoms with Crippen LogP contribution in [0.5, 0.6) is 0 Å². The normalized spacial score (nSPS) is 12.0. The van der Waals surface area contributed by atoms with Gasteiger partial charge in [0.2, 0.25) is 0 Å². The third-order valence-electron chi connectivity index (χ3n) is 3.92. The fraction of sp³-hybridized carbons (Fsp3) is 0.167. The van der Waals surface area contributed by atoms with E-state index in [1.165, 1.54) is 0 Å². The lowest BCUT2D eigenvalue weighted by atomic mass is 10.0. The molecule has 2 aromatic heterocycles. The highest BCUT2D eigenvalue weighted by atomic mass is 35.5. The van der Waals surface area contributed by atoms with Gasteiger partial charge in [-0.1, -0.05) is 29.8 Å². The highest BCUT2D eigenvalue weighted by Crippen LogP contribution is 2.28. The smallest absolute Gasteiger partial charge is 0.257 e. The average molecular weight is 341 g/mol. The summed E-state index contributed by atoms with van der Waals surface area (Å²) in [4.78, 5) is 19.0. The van der Waals surface area contributed by atoms with Gasteiger partial charge in [-0.3, -0.25) is 14.9 Å². The van der Waals surface area contributed by atoms with Gasteiger partial charge >= 0.3 is 0 Å². The van der Waals surface area contributed by atoms with Crippen molar-refractivity contribution in [2.24, 2.45) is 0 Å². The summed E-state index contributed by atoms with van der Waals surface area (Å²) < 4.78 is 0. The molecule has 1 amide bonds. The molecule has 1 aromatic carbocycles. The number of rotatable bonds is 4. The zero-order valence-electron chi connectivity index (χ0n) is 13.4. The molecule has 0 radical (unpaired) electrons. The Balaban J connectivity index is 2.03. The predicted octanol–water partition coefficient (Wildman–Crippen LogP) is 3.63. The van der Waals surface area contributed by atoms with Crippen molar-refractivity contribution in [2.45, 2.75) is 13.0 Å². The number of nitrogens with zero attached hydrogens (tertiary/aromatic N) is 3. The molecule has 0 aliphatic heterocycles. The van der Waals surface area contributed by atoms with Gasteiger partial charge in [-0.2, -0.15) is 5.10 Å². The molecule has 0 spiro atoms. The van der Waals surface area contributed by atoms with Gasteiger partial charge < -0.3 is 4.90 Å². The second-order valence-corrected chi connectivity index (χ2v) is 5.97. The summed E-state index contributed by atoms with van der Waals surface area (Å²) in [6, 6.07) is 12.8. The van der Waals surface area contributed by atoms with E-state index in [1.54, 1.807) is 24.3 Å². The molecular weight excluding hydrogens is 324 g/mol. The Bertz CT molecular complexity index is 830. The number of aromatic amines is 1. The van der Waals surface area contributed by atoms with Crippen molar-refractivity contribution in [1.29, 1.82) is 0 Å². The van der Waals surface area contributed by atoms with Crippen LogP contribution in [-0.2, 0) is 0 Å². The Morgan fingerprint density at radius 3 is 2.54 bits per heavy atom. The molecule has 3 aromatic rings. The summed E-state index contributed by atoms with van der Waals surface area (Å²) in [6.07, 6.45) is 3.27. The summed E-state index contributed by atoms with van der Waals surface area (Å²) >= 11 is 6.00. The van der Waals surface area contributed by atoms with E-state index in [0.717, 1.165) is 17.0 Å². The monoisotopic (exact) mass is 340 g/mol. The van der Waals surface area contributed by atoms with Crippen molar-refractivity contribution < 1.29 is 4.79 Å². The summed E-state index contributed by atoms with van der Waals surface area (Å²) in [5.41, 5.74) is 3.02. The standard InChI is InChI=1S/C18H17ClN4O/c1-12-15(11-21-22-12)18(24)23(2)17(16-5-3-4-10-20-16)13-6-8-14(19)9-7-13/h3-11,17H,1-2H3,(H,21,22). The first kappa shape index (κ1) is 16.2. The number of carbonyl (C=O) groups excluding carboxylic acids is 1. The van der Waals surface area contributed by atoms with Crippen LogP contribution in [0.1, 0.15) is 33.4 Å². The number of pyridine rings is 1. The molecule has 1 N–H and O–H groups in total. The SMILES string of the molecule is Cc1[nH]ncc1C(=O)N(C)C(c1ccc(Cl)cc1)c1ccccn1. The molecule has 2 heterocycles. The maximum Gasteiger partial charge on any atom is 0.257 e. The largest absolute Gasteiger partial charge is 0.329 e. The van der Waals surface area contributed by atoms with E-state index in [9.17, 15) is 4.79 Å². The zero-order valence-corrected chi connectivity index (χ0v) is 14.2. The van der Waals surface area contributed by atoms with Crippen molar-refractivity contribution in [3.8, 4) is 0 Å². The third-order valence-corrected chi connectivity index (χ3v) is 4.17. The van der Waals surface area contributed by atoms with Crippen LogP contribution in [0.3, 0.4) is 0 Å². The van der Waals surface area contributed by atoms with Crippen LogP contribution in [0.4, 0.5) is 0 Å². The van der Waals surface area contributed by atoms with Crippen LogP contribution in [0.2, 0.25) is 5.02 Å². The van der Waals surface area contributed by atoms with Crippen LogP contribution >= 0.6 is 11.6 Å². The van der Waals surface area contributed by atoms with Crippen LogP contribution in [0, 0.1) is 6.92 Å². The van der Waals surface area contributed by atoms with E-state index >= 15 is 0 Å². The molecule has 0 saturated heterocycles. The maximum absolute atomic E-state index is 12.9. The molecule has 0 saturated carbocycles. The quantitative estimate of drug-likeness (QED) is 0.789. The lowest BCUT2D eigenvalue weighted by molar-refractivity contribution is 0.0752. The number of nitrogens with one attached hydrogen (secondary N) is 1. The molecule has 1 atom stereocenters. The average Bonchev–Trinajstić information content (AvgIpc) is 3.03. The molecule has 0 aliphatic carbocycles. The van der Waals surface area contributed by atoms with E-state index in [4.69, 9.17) is 11.6 Å². The van der Waals surface area contributed by atoms with Crippen LogP contribution in [0.25, 0.3) is 0 Å². The van der Waals surface area contributed by atoms with Gasteiger partial charge in [0.05, 0.1) is 23.5 Å². The number of aryl methyl sites for hydroxylation is 1. The van der Waals surface area contributed by atoms with Crippen molar-refractivity contribution in [3.05, 3.63) is 82.4 Å². The maximum atomic E-state index is 12.9. The molecule has 0 bridgehead atoms. The van der Waals surface area contributed by atoms with E-state index in [2.05, 4.69) is 15.2 Å². The van der Waals surface area contributed by atoms with E-state index in [-0.39, 0.29) is 11.9 Å². The Kier molecular flexibility index (Phi) is 4.62. The van der Waals surface area contributed by atoms with E-state index in [0.29, 0.717) is 10.6 Å². The van der Waals surface area contributed by atoms with Gasteiger partial charge in [-0.05, 0) is 36.8 Å². The first-order valence-corrected chi connectivity index (χ1v) is 7.89. The van der Waals surface area contributed by atoms with Gasteiger partial charge in [0, 0.05) is 24.0 Å². The number of hydrogen-bond acceptors (Lipinski definition) is 3. The highest BCUT2D eigenvalue weighted by molar-refractivity contribution is 6.30. The number of halogens is 1. The molecule has 24 heavy (non-hydrogen) atoms. The molecule has 0 fully saturated rings. The first-order chi connectivity index (χ1) is 11.6. The van der Waals surface area contributed by atoms with Gasteiger partial charge in [0.25, 0.3) is 5.91 Å². The minimum Gasteiger partial charge on any atom is -0.329 e. The van der Waals surface area contributed by atoms with Gasteiger partial charge in [-0.25, -0.2) is 0 Å². The Hall–Kier alpha value is -2.66.